The van der Waals surface area contributed by atoms with E-state index in [9.17, 15) is 9.59 Å². The maximum absolute atomic E-state index is 13.0. The number of pyridine rings is 1. The summed E-state index contributed by atoms with van der Waals surface area (Å²) in [6, 6.07) is 4.03. The molecule has 2 aromatic rings. The lowest BCUT2D eigenvalue weighted by atomic mass is 9.97. The lowest BCUT2D eigenvalue weighted by Crippen LogP contribution is -2.59. The molecule has 0 unspecified atom stereocenters. The Bertz CT molecular complexity index is 1090. The normalized spacial score (nSPS) is 19.6. The molecule has 0 spiro atoms. The molecule has 4 rings (SSSR count). The lowest BCUT2D eigenvalue weighted by Gasteiger charge is -2.47. The van der Waals surface area contributed by atoms with Crippen LogP contribution in [0.1, 0.15) is 52.7 Å². The SMILES string of the molecule is CC[C@H]1CN(c2ncc(C(=O)OC)nc2C)CCN1C1CCN(C(=O)c2ccc(Cl)nc2N)CC1. The van der Waals surface area contributed by atoms with Crippen molar-refractivity contribution in [2.45, 2.75) is 45.2 Å². The van der Waals surface area contributed by atoms with Crippen molar-refractivity contribution in [3.8, 4) is 0 Å². The molecule has 0 saturated carbocycles. The molecule has 188 valence electrons. The number of halogens is 1. The molecule has 0 aromatic carbocycles. The summed E-state index contributed by atoms with van der Waals surface area (Å²) in [6.07, 6.45) is 4.32. The maximum atomic E-state index is 13.0. The van der Waals surface area contributed by atoms with Crippen LogP contribution in [0.3, 0.4) is 0 Å². The van der Waals surface area contributed by atoms with E-state index in [1.54, 1.807) is 12.1 Å². The number of hydrogen-bond acceptors (Lipinski definition) is 9. The summed E-state index contributed by atoms with van der Waals surface area (Å²) >= 11 is 5.87. The van der Waals surface area contributed by atoms with Crippen molar-refractivity contribution in [2.24, 2.45) is 0 Å². The van der Waals surface area contributed by atoms with E-state index >= 15 is 0 Å². The van der Waals surface area contributed by atoms with E-state index in [1.807, 2.05) is 11.8 Å². The number of piperidine rings is 1. The molecule has 1 amide bonds. The smallest absolute Gasteiger partial charge is 0.358 e. The van der Waals surface area contributed by atoms with Gasteiger partial charge in [-0.3, -0.25) is 9.69 Å². The number of anilines is 2. The minimum atomic E-state index is -0.483. The number of piperazine rings is 1. The molecule has 2 aromatic heterocycles. The first-order chi connectivity index (χ1) is 16.8. The summed E-state index contributed by atoms with van der Waals surface area (Å²) in [5.74, 6) is 0.407. The van der Waals surface area contributed by atoms with Gasteiger partial charge in [0.05, 0.1) is 24.6 Å². The van der Waals surface area contributed by atoms with E-state index in [-0.39, 0.29) is 22.6 Å². The van der Waals surface area contributed by atoms with Gasteiger partial charge in [-0.05, 0) is 38.3 Å². The summed E-state index contributed by atoms with van der Waals surface area (Å²) in [6.45, 7) is 8.02. The van der Waals surface area contributed by atoms with Crippen molar-refractivity contribution < 1.29 is 14.3 Å². The maximum Gasteiger partial charge on any atom is 0.358 e. The quantitative estimate of drug-likeness (QED) is 0.486. The molecule has 2 N–H and O–H groups in total. The van der Waals surface area contributed by atoms with Gasteiger partial charge in [-0.25, -0.2) is 19.7 Å². The lowest BCUT2D eigenvalue weighted by molar-refractivity contribution is 0.0490. The van der Waals surface area contributed by atoms with Gasteiger partial charge >= 0.3 is 5.97 Å². The summed E-state index contributed by atoms with van der Waals surface area (Å²) < 4.78 is 4.75. The van der Waals surface area contributed by atoms with E-state index in [2.05, 4.69) is 31.7 Å². The molecule has 4 heterocycles. The number of esters is 1. The Morgan fingerprint density at radius 3 is 2.54 bits per heavy atom. The molecule has 11 heteroatoms. The van der Waals surface area contributed by atoms with Gasteiger partial charge in [0.25, 0.3) is 5.91 Å². The topological polar surface area (TPSA) is 118 Å². The van der Waals surface area contributed by atoms with Crippen LogP contribution in [0.25, 0.3) is 0 Å². The van der Waals surface area contributed by atoms with Crippen molar-refractivity contribution in [1.29, 1.82) is 0 Å². The molecule has 1 atom stereocenters. The zero-order valence-electron chi connectivity index (χ0n) is 20.4. The van der Waals surface area contributed by atoms with Crippen LogP contribution in [0.2, 0.25) is 5.15 Å². The number of methoxy groups -OCH3 is 1. The van der Waals surface area contributed by atoms with Gasteiger partial charge in [-0.2, -0.15) is 0 Å². The first-order valence-electron chi connectivity index (χ1n) is 12.0. The molecule has 0 radical (unpaired) electrons. The first kappa shape index (κ1) is 25.1. The zero-order chi connectivity index (χ0) is 25.1. The summed E-state index contributed by atoms with van der Waals surface area (Å²) in [7, 11) is 1.34. The highest BCUT2D eigenvalue weighted by atomic mass is 35.5. The number of nitrogens with two attached hydrogens (primary N) is 1. The van der Waals surface area contributed by atoms with Gasteiger partial charge in [0, 0.05) is 44.8 Å². The molecular formula is C24H32ClN7O3. The number of likely N-dealkylation sites (tertiary alicyclic amines) is 1. The van der Waals surface area contributed by atoms with Crippen LogP contribution in [0.15, 0.2) is 18.3 Å². The fourth-order valence-corrected chi connectivity index (χ4v) is 5.25. The first-order valence-corrected chi connectivity index (χ1v) is 12.3. The molecule has 2 aliphatic heterocycles. The van der Waals surface area contributed by atoms with Crippen LogP contribution in [0.4, 0.5) is 11.6 Å². The van der Waals surface area contributed by atoms with E-state index in [1.165, 1.54) is 13.3 Å². The molecule has 35 heavy (non-hydrogen) atoms. The Kier molecular flexibility index (Phi) is 7.71. The third kappa shape index (κ3) is 5.33. The number of nitrogens with zero attached hydrogens (tertiary/aromatic N) is 6. The Hall–Kier alpha value is -2.98. The molecular weight excluding hydrogens is 470 g/mol. The second-order valence-electron chi connectivity index (χ2n) is 8.99. The average Bonchev–Trinajstić information content (AvgIpc) is 2.87. The molecule has 0 aliphatic carbocycles. The van der Waals surface area contributed by atoms with Crippen LogP contribution in [-0.2, 0) is 4.74 Å². The standard InChI is InChI=1S/C24H32ClN7O3/c1-4-16-14-31(22-15(2)28-19(13-27-22)24(34)35-3)11-12-32(16)17-7-9-30(10-8-17)23(33)18-5-6-20(25)29-21(18)26/h5-6,13,16-17H,4,7-12,14H2,1-3H3,(H2,26,29)/t16-/m0/s1. The second kappa shape index (κ2) is 10.7. The fraction of sp³-hybridized carbons (Fsp3) is 0.542. The summed E-state index contributed by atoms with van der Waals surface area (Å²) in [4.78, 5) is 44.3. The van der Waals surface area contributed by atoms with Crippen LogP contribution in [-0.4, -0.2) is 88.5 Å². The Balaban J connectivity index is 1.37. The van der Waals surface area contributed by atoms with Gasteiger partial charge in [0.2, 0.25) is 0 Å². The predicted molar refractivity (Wildman–Crippen MR) is 134 cm³/mol. The Morgan fingerprint density at radius 2 is 1.91 bits per heavy atom. The average molecular weight is 502 g/mol. The number of nitrogen functional groups attached to an aromatic ring is 1. The minimum absolute atomic E-state index is 0.0913. The molecule has 2 fully saturated rings. The Labute approximate surface area is 210 Å². The summed E-state index contributed by atoms with van der Waals surface area (Å²) in [5.41, 5.74) is 7.27. The molecule has 2 saturated heterocycles. The number of ether oxygens (including phenoxy) is 1. The highest BCUT2D eigenvalue weighted by molar-refractivity contribution is 6.29. The van der Waals surface area contributed by atoms with Crippen LogP contribution in [0, 0.1) is 6.92 Å². The van der Waals surface area contributed by atoms with Crippen LogP contribution < -0.4 is 10.6 Å². The number of hydrogen-bond donors (Lipinski definition) is 1. The van der Waals surface area contributed by atoms with E-state index < -0.39 is 5.97 Å². The van der Waals surface area contributed by atoms with Crippen molar-refractivity contribution in [1.82, 2.24) is 24.8 Å². The third-order valence-corrected chi connectivity index (χ3v) is 7.17. The Morgan fingerprint density at radius 1 is 1.17 bits per heavy atom. The van der Waals surface area contributed by atoms with Crippen molar-refractivity contribution >= 4 is 35.1 Å². The number of carbonyl (C=O) groups excluding carboxylic acids is 2. The minimum Gasteiger partial charge on any atom is -0.464 e. The van der Waals surface area contributed by atoms with Gasteiger partial charge in [-0.15, -0.1) is 0 Å². The second-order valence-corrected chi connectivity index (χ2v) is 9.38. The molecule has 10 nitrogen and oxygen atoms in total. The van der Waals surface area contributed by atoms with E-state index in [4.69, 9.17) is 22.1 Å². The predicted octanol–water partition coefficient (Wildman–Crippen LogP) is 2.41. The van der Waals surface area contributed by atoms with E-state index in [0.29, 0.717) is 30.7 Å². The van der Waals surface area contributed by atoms with Gasteiger partial charge in [0.15, 0.2) is 5.69 Å². The zero-order valence-corrected chi connectivity index (χ0v) is 21.2. The molecule has 0 bridgehead atoms. The monoisotopic (exact) mass is 501 g/mol. The van der Waals surface area contributed by atoms with Crippen LogP contribution in [0.5, 0.6) is 0 Å². The largest absolute Gasteiger partial charge is 0.464 e. The van der Waals surface area contributed by atoms with E-state index in [0.717, 1.165) is 50.4 Å². The van der Waals surface area contributed by atoms with Gasteiger partial charge in [-0.1, -0.05) is 18.5 Å². The van der Waals surface area contributed by atoms with Crippen LogP contribution >= 0.6 is 11.6 Å². The van der Waals surface area contributed by atoms with Crippen molar-refractivity contribution in [3.05, 3.63) is 40.4 Å². The molecule has 2 aliphatic rings. The number of carbonyl (C=O) groups is 2. The summed E-state index contributed by atoms with van der Waals surface area (Å²) in [5, 5.41) is 0.281. The highest BCUT2D eigenvalue weighted by Gasteiger charge is 2.35. The van der Waals surface area contributed by atoms with Crippen molar-refractivity contribution in [3.63, 3.8) is 0 Å². The third-order valence-electron chi connectivity index (χ3n) is 6.96. The van der Waals surface area contributed by atoms with Crippen molar-refractivity contribution in [2.75, 3.05) is 50.5 Å². The fourth-order valence-electron chi connectivity index (χ4n) is 5.10. The number of aromatic nitrogens is 3. The number of aryl methyl sites for hydroxylation is 1. The van der Waals surface area contributed by atoms with Gasteiger partial charge in [0.1, 0.15) is 16.8 Å². The van der Waals surface area contributed by atoms with Gasteiger partial charge < -0.3 is 20.3 Å². The highest BCUT2D eigenvalue weighted by Crippen LogP contribution is 2.27. The number of rotatable bonds is 5. The number of amides is 1.